The van der Waals surface area contributed by atoms with Crippen LogP contribution in [-0.2, 0) is 11.2 Å². The minimum absolute atomic E-state index is 0.195. The zero-order valence-corrected chi connectivity index (χ0v) is 16.4. The Labute approximate surface area is 169 Å². The minimum Gasteiger partial charge on any atom is -0.482 e. The number of rotatable bonds is 6. The van der Waals surface area contributed by atoms with E-state index in [0.717, 1.165) is 10.4 Å². The Kier molecular flexibility index (Phi) is 6.38. The van der Waals surface area contributed by atoms with Gasteiger partial charge in [-0.3, -0.25) is 10.1 Å². The SMILES string of the molecule is O=C(COc1cccc(Cl)c1Cl)Nc1ncc(Cc2ccccc2Cl)s1. The largest absolute Gasteiger partial charge is 0.482 e. The molecule has 0 fully saturated rings. The van der Waals surface area contributed by atoms with E-state index in [1.165, 1.54) is 11.3 Å². The molecule has 0 aliphatic carbocycles. The fourth-order valence-corrected chi connectivity index (χ4v) is 3.57. The number of carbonyl (C=O) groups is 1. The molecule has 1 amide bonds. The zero-order chi connectivity index (χ0) is 18.5. The van der Waals surface area contributed by atoms with Gasteiger partial charge in [0, 0.05) is 22.5 Å². The van der Waals surface area contributed by atoms with Gasteiger partial charge in [-0.2, -0.15) is 0 Å². The first-order valence-corrected chi connectivity index (χ1v) is 9.53. The molecule has 0 saturated heterocycles. The molecular formula is C18H13Cl3N2O2S. The van der Waals surface area contributed by atoms with Crippen molar-refractivity contribution in [3.63, 3.8) is 0 Å². The molecule has 0 aliphatic heterocycles. The number of thiazole rings is 1. The minimum atomic E-state index is -0.334. The zero-order valence-electron chi connectivity index (χ0n) is 13.3. The van der Waals surface area contributed by atoms with Crippen LogP contribution >= 0.6 is 46.1 Å². The fourth-order valence-electron chi connectivity index (χ4n) is 2.17. The van der Waals surface area contributed by atoms with Crippen molar-refractivity contribution in [1.29, 1.82) is 0 Å². The summed E-state index contributed by atoms with van der Waals surface area (Å²) in [5, 5.41) is 4.55. The third-order valence-electron chi connectivity index (χ3n) is 3.40. The first kappa shape index (κ1) is 19.0. The van der Waals surface area contributed by atoms with Crippen molar-refractivity contribution in [3.8, 4) is 5.75 Å². The van der Waals surface area contributed by atoms with Gasteiger partial charge in [0.2, 0.25) is 0 Å². The van der Waals surface area contributed by atoms with Crippen molar-refractivity contribution >= 4 is 57.2 Å². The molecule has 0 radical (unpaired) electrons. The number of hydrogen-bond acceptors (Lipinski definition) is 4. The molecule has 3 rings (SSSR count). The first-order chi connectivity index (χ1) is 12.5. The highest BCUT2D eigenvalue weighted by Crippen LogP contribution is 2.31. The van der Waals surface area contributed by atoms with E-state index >= 15 is 0 Å². The first-order valence-electron chi connectivity index (χ1n) is 7.57. The van der Waals surface area contributed by atoms with Gasteiger partial charge >= 0.3 is 0 Å². The summed E-state index contributed by atoms with van der Waals surface area (Å²) >= 11 is 19.5. The molecule has 0 spiro atoms. The van der Waals surface area contributed by atoms with E-state index in [1.807, 2.05) is 24.3 Å². The van der Waals surface area contributed by atoms with Crippen LogP contribution in [0.5, 0.6) is 5.75 Å². The van der Waals surface area contributed by atoms with Crippen LogP contribution in [0.3, 0.4) is 0 Å². The van der Waals surface area contributed by atoms with E-state index in [1.54, 1.807) is 24.4 Å². The number of benzene rings is 2. The molecule has 26 heavy (non-hydrogen) atoms. The Morgan fingerprint density at radius 2 is 1.85 bits per heavy atom. The molecule has 2 aromatic carbocycles. The van der Waals surface area contributed by atoms with Crippen molar-refractivity contribution in [2.45, 2.75) is 6.42 Å². The van der Waals surface area contributed by atoms with Gasteiger partial charge in [0.15, 0.2) is 11.7 Å². The molecule has 0 bridgehead atoms. The van der Waals surface area contributed by atoms with Crippen LogP contribution in [0.15, 0.2) is 48.7 Å². The maximum absolute atomic E-state index is 12.0. The number of hydrogen-bond donors (Lipinski definition) is 1. The van der Waals surface area contributed by atoms with Crippen LogP contribution in [0.2, 0.25) is 15.1 Å². The molecular weight excluding hydrogens is 415 g/mol. The van der Waals surface area contributed by atoms with Crippen LogP contribution in [0, 0.1) is 0 Å². The van der Waals surface area contributed by atoms with Gasteiger partial charge in [-0.05, 0) is 23.8 Å². The summed E-state index contributed by atoms with van der Waals surface area (Å²) in [7, 11) is 0. The summed E-state index contributed by atoms with van der Waals surface area (Å²) in [6, 6.07) is 12.6. The maximum atomic E-state index is 12.0. The summed E-state index contributed by atoms with van der Waals surface area (Å²) in [6.07, 6.45) is 2.38. The highest BCUT2D eigenvalue weighted by molar-refractivity contribution is 7.15. The Bertz CT molecular complexity index is 930. The second-order valence-electron chi connectivity index (χ2n) is 5.29. The van der Waals surface area contributed by atoms with E-state index in [0.29, 0.717) is 27.3 Å². The van der Waals surface area contributed by atoms with Crippen molar-refractivity contribution in [1.82, 2.24) is 4.98 Å². The molecule has 0 aliphatic rings. The summed E-state index contributed by atoms with van der Waals surface area (Å²) in [5.74, 6) is 0.0209. The number of halogens is 3. The quantitative estimate of drug-likeness (QED) is 0.548. The molecule has 134 valence electrons. The Morgan fingerprint density at radius 3 is 2.65 bits per heavy atom. The maximum Gasteiger partial charge on any atom is 0.264 e. The summed E-state index contributed by atoms with van der Waals surface area (Å²) in [4.78, 5) is 17.2. The number of carbonyl (C=O) groups excluding carboxylic acids is 1. The van der Waals surface area contributed by atoms with Gasteiger partial charge in [0.25, 0.3) is 5.91 Å². The third-order valence-corrected chi connectivity index (χ3v) is 5.48. The third kappa shape index (κ3) is 4.89. The molecule has 0 atom stereocenters. The lowest BCUT2D eigenvalue weighted by Gasteiger charge is -2.08. The number of amides is 1. The predicted molar refractivity (Wildman–Crippen MR) is 107 cm³/mol. The Morgan fingerprint density at radius 1 is 1.08 bits per heavy atom. The van der Waals surface area contributed by atoms with Gasteiger partial charge < -0.3 is 4.74 Å². The number of anilines is 1. The lowest BCUT2D eigenvalue weighted by Crippen LogP contribution is -2.20. The lowest BCUT2D eigenvalue weighted by atomic mass is 10.1. The van der Waals surface area contributed by atoms with Gasteiger partial charge in [0.1, 0.15) is 10.8 Å². The highest BCUT2D eigenvalue weighted by atomic mass is 35.5. The number of nitrogens with one attached hydrogen (secondary N) is 1. The van der Waals surface area contributed by atoms with Crippen LogP contribution in [0.25, 0.3) is 0 Å². The predicted octanol–water partition coefficient (Wildman–Crippen LogP) is 5.71. The Balaban J connectivity index is 1.56. The average Bonchev–Trinajstić information content (AvgIpc) is 3.05. The van der Waals surface area contributed by atoms with Crippen LogP contribution in [0.4, 0.5) is 5.13 Å². The normalized spacial score (nSPS) is 10.6. The van der Waals surface area contributed by atoms with E-state index in [9.17, 15) is 4.79 Å². The highest BCUT2D eigenvalue weighted by Gasteiger charge is 2.11. The van der Waals surface area contributed by atoms with Gasteiger partial charge in [-0.15, -0.1) is 11.3 Å². The molecule has 1 aromatic heterocycles. The molecule has 0 unspecified atom stereocenters. The lowest BCUT2D eigenvalue weighted by molar-refractivity contribution is -0.118. The van der Waals surface area contributed by atoms with E-state index < -0.39 is 0 Å². The standard InChI is InChI=1S/C18H13Cl3N2O2S/c19-13-5-2-1-4-11(13)8-12-9-22-18(26-12)23-16(24)10-25-15-7-3-6-14(20)17(15)21/h1-7,9H,8,10H2,(H,22,23,24). The van der Waals surface area contributed by atoms with E-state index in [4.69, 9.17) is 39.5 Å². The fraction of sp³-hybridized carbons (Fsp3) is 0.111. The van der Waals surface area contributed by atoms with E-state index in [2.05, 4.69) is 10.3 Å². The van der Waals surface area contributed by atoms with Gasteiger partial charge in [-0.25, -0.2) is 4.98 Å². The molecule has 1 N–H and O–H groups in total. The topological polar surface area (TPSA) is 51.2 Å². The van der Waals surface area contributed by atoms with Gasteiger partial charge in [-0.1, -0.05) is 59.1 Å². The van der Waals surface area contributed by atoms with Crippen molar-refractivity contribution in [3.05, 3.63) is 74.2 Å². The summed E-state index contributed by atoms with van der Waals surface area (Å²) < 4.78 is 5.40. The molecule has 8 heteroatoms. The summed E-state index contributed by atoms with van der Waals surface area (Å²) in [5.41, 5.74) is 1.01. The second kappa shape index (κ2) is 8.73. The monoisotopic (exact) mass is 426 g/mol. The number of aromatic nitrogens is 1. The van der Waals surface area contributed by atoms with Crippen LogP contribution in [-0.4, -0.2) is 17.5 Å². The number of nitrogens with zero attached hydrogens (tertiary/aromatic N) is 1. The van der Waals surface area contributed by atoms with E-state index in [-0.39, 0.29) is 17.5 Å². The van der Waals surface area contributed by atoms with Crippen molar-refractivity contribution in [2.24, 2.45) is 0 Å². The average molecular weight is 428 g/mol. The molecule has 3 aromatic rings. The molecule has 1 heterocycles. The van der Waals surface area contributed by atoms with Crippen molar-refractivity contribution < 1.29 is 9.53 Å². The molecule has 0 saturated carbocycles. The smallest absolute Gasteiger partial charge is 0.264 e. The van der Waals surface area contributed by atoms with Crippen LogP contribution in [0.1, 0.15) is 10.4 Å². The van der Waals surface area contributed by atoms with Gasteiger partial charge in [0.05, 0.1) is 5.02 Å². The molecule has 4 nitrogen and oxygen atoms in total. The number of ether oxygens (including phenoxy) is 1. The second-order valence-corrected chi connectivity index (χ2v) is 7.60. The Hall–Kier alpha value is -1.79. The van der Waals surface area contributed by atoms with Crippen LogP contribution < -0.4 is 10.1 Å². The van der Waals surface area contributed by atoms with Crippen molar-refractivity contribution in [2.75, 3.05) is 11.9 Å². The summed E-state index contributed by atoms with van der Waals surface area (Å²) in [6.45, 7) is -0.195.